The molecule has 1 saturated carbocycles. The SMILES string of the molecule is Cn1nnc(COc2ccc3cc(CNC(=O)C4(C)CC4)[nH]c3c2)n1. The van der Waals surface area contributed by atoms with Gasteiger partial charge in [0.2, 0.25) is 11.7 Å². The Kier molecular flexibility index (Phi) is 3.67. The summed E-state index contributed by atoms with van der Waals surface area (Å²) >= 11 is 0. The molecule has 1 aliphatic carbocycles. The number of aromatic amines is 1. The fraction of sp³-hybridized carbons (Fsp3) is 0.412. The molecular weight excluding hydrogens is 320 g/mol. The molecule has 0 atom stereocenters. The topological polar surface area (TPSA) is 97.7 Å². The molecule has 0 unspecified atom stereocenters. The van der Waals surface area contributed by atoms with Gasteiger partial charge in [-0.05, 0) is 41.6 Å². The number of amides is 1. The van der Waals surface area contributed by atoms with Crippen molar-refractivity contribution in [1.82, 2.24) is 30.5 Å². The van der Waals surface area contributed by atoms with E-state index in [9.17, 15) is 4.79 Å². The van der Waals surface area contributed by atoms with Crippen molar-refractivity contribution < 1.29 is 9.53 Å². The van der Waals surface area contributed by atoms with Crippen molar-refractivity contribution in [3.05, 3.63) is 35.8 Å². The lowest BCUT2D eigenvalue weighted by Gasteiger charge is -2.08. The van der Waals surface area contributed by atoms with Gasteiger partial charge in [-0.15, -0.1) is 10.2 Å². The van der Waals surface area contributed by atoms with Crippen LogP contribution in [0.2, 0.25) is 0 Å². The third kappa shape index (κ3) is 3.33. The zero-order valence-electron chi connectivity index (χ0n) is 14.2. The first kappa shape index (κ1) is 15.6. The van der Waals surface area contributed by atoms with Gasteiger partial charge >= 0.3 is 0 Å². The van der Waals surface area contributed by atoms with Crippen LogP contribution in [0.1, 0.15) is 31.3 Å². The van der Waals surface area contributed by atoms with Crippen molar-refractivity contribution in [3.8, 4) is 5.75 Å². The van der Waals surface area contributed by atoms with Crippen LogP contribution in [-0.4, -0.2) is 31.1 Å². The number of hydrogen-bond acceptors (Lipinski definition) is 5. The average molecular weight is 340 g/mol. The zero-order chi connectivity index (χ0) is 17.4. The van der Waals surface area contributed by atoms with Crippen molar-refractivity contribution in [1.29, 1.82) is 0 Å². The molecule has 3 aromatic rings. The number of H-pyrrole nitrogens is 1. The van der Waals surface area contributed by atoms with E-state index in [1.807, 2.05) is 31.2 Å². The second kappa shape index (κ2) is 5.87. The van der Waals surface area contributed by atoms with Crippen LogP contribution in [-0.2, 0) is 25.0 Å². The summed E-state index contributed by atoms with van der Waals surface area (Å²) in [5.41, 5.74) is 1.79. The Labute approximate surface area is 144 Å². The number of rotatable bonds is 6. The van der Waals surface area contributed by atoms with Gasteiger partial charge < -0.3 is 15.0 Å². The van der Waals surface area contributed by atoms with E-state index >= 15 is 0 Å². The minimum atomic E-state index is -0.151. The molecular formula is C17H20N6O2. The van der Waals surface area contributed by atoms with Gasteiger partial charge in [-0.1, -0.05) is 6.92 Å². The first-order chi connectivity index (χ1) is 12.0. The normalized spacial score (nSPS) is 15.3. The highest BCUT2D eigenvalue weighted by atomic mass is 16.5. The Balaban J connectivity index is 1.41. The molecule has 0 bridgehead atoms. The molecule has 0 aliphatic heterocycles. The smallest absolute Gasteiger partial charge is 0.226 e. The van der Waals surface area contributed by atoms with Crippen LogP contribution in [0.4, 0.5) is 0 Å². The second-order valence-electron chi connectivity index (χ2n) is 6.77. The maximum atomic E-state index is 12.0. The first-order valence-electron chi connectivity index (χ1n) is 8.27. The molecule has 8 heteroatoms. The number of aromatic nitrogens is 5. The van der Waals surface area contributed by atoms with Crippen molar-refractivity contribution in [2.24, 2.45) is 12.5 Å². The van der Waals surface area contributed by atoms with E-state index in [0.29, 0.717) is 12.4 Å². The fourth-order valence-corrected chi connectivity index (χ4v) is 2.68. The van der Waals surface area contributed by atoms with Gasteiger partial charge in [0.05, 0.1) is 13.6 Å². The number of hydrogen-bond donors (Lipinski definition) is 2. The maximum Gasteiger partial charge on any atom is 0.226 e. The molecule has 130 valence electrons. The van der Waals surface area contributed by atoms with Crippen molar-refractivity contribution in [2.75, 3.05) is 0 Å². The van der Waals surface area contributed by atoms with E-state index in [1.54, 1.807) is 7.05 Å². The van der Waals surface area contributed by atoms with E-state index in [1.165, 1.54) is 4.80 Å². The van der Waals surface area contributed by atoms with E-state index in [0.717, 1.165) is 35.2 Å². The number of nitrogens with one attached hydrogen (secondary N) is 2. The Bertz CT molecular complexity index is 924. The predicted molar refractivity (Wildman–Crippen MR) is 90.6 cm³/mol. The largest absolute Gasteiger partial charge is 0.485 e. The predicted octanol–water partition coefficient (Wildman–Crippen LogP) is 1.69. The lowest BCUT2D eigenvalue weighted by Crippen LogP contribution is -2.29. The number of ether oxygens (including phenoxy) is 1. The highest BCUT2D eigenvalue weighted by Crippen LogP contribution is 2.45. The van der Waals surface area contributed by atoms with Gasteiger partial charge in [-0.25, -0.2) is 0 Å². The van der Waals surface area contributed by atoms with Gasteiger partial charge in [-0.3, -0.25) is 4.79 Å². The van der Waals surface area contributed by atoms with E-state index in [-0.39, 0.29) is 17.9 Å². The molecule has 1 amide bonds. The monoisotopic (exact) mass is 340 g/mol. The van der Waals surface area contributed by atoms with Crippen molar-refractivity contribution >= 4 is 16.8 Å². The standard InChI is InChI=1S/C17H20N6O2/c1-17(5-6-17)16(24)18-9-12-7-11-3-4-13(8-14(11)19-12)25-10-15-20-22-23(2)21-15/h3-4,7-8,19H,5-6,9-10H2,1-2H3,(H,18,24). The maximum absolute atomic E-state index is 12.0. The number of nitrogens with zero attached hydrogens (tertiary/aromatic N) is 4. The van der Waals surface area contributed by atoms with E-state index < -0.39 is 0 Å². The first-order valence-corrected chi connectivity index (χ1v) is 8.27. The number of fused-ring (bicyclic) bond motifs is 1. The molecule has 25 heavy (non-hydrogen) atoms. The summed E-state index contributed by atoms with van der Waals surface area (Å²) in [4.78, 5) is 16.7. The summed E-state index contributed by atoms with van der Waals surface area (Å²) in [7, 11) is 1.71. The van der Waals surface area contributed by atoms with Gasteiger partial charge in [0.1, 0.15) is 5.75 Å². The number of carbonyl (C=O) groups excluding carboxylic acids is 1. The number of aryl methyl sites for hydroxylation is 1. The van der Waals surface area contributed by atoms with Crippen LogP contribution in [0.25, 0.3) is 10.9 Å². The number of carbonyl (C=O) groups is 1. The van der Waals surface area contributed by atoms with Gasteiger partial charge in [0, 0.05) is 22.7 Å². The summed E-state index contributed by atoms with van der Waals surface area (Å²) < 4.78 is 5.71. The van der Waals surface area contributed by atoms with Crippen LogP contribution >= 0.6 is 0 Å². The Morgan fingerprint density at radius 1 is 1.40 bits per heavy atom. The highest BCUT2D eigenvalue weighted by Gasteiger charge is 2.44. The molecule has 1 aromatic carbocycles. The van der Waals surface area contributed by atoms with Gasteiger partial charge in [-0.2, -0.15) is 4.80 Å². The summed E-state index contributed by atoms with van der Waals surface area (Å²) in [5.74, 6) is 1.39. The number of tetrazole rings is 1. The molecule has 1 fully saturated rings. The third-order valence-electron chi connectivity index (χ3n) is 4.55. The average Bonchev–Trinajstić information content (AvgIpc) is 3.04. The molecule has 4 rings (SSSR count). The summed E-state index contributed by atoms with van der Waals surface area (Å²) in [6.45, 7) is 2.77. The fourth-order valence-electron chi connectivity index (χ4n) is 2.68. The highest BCUT2D eigenvalue weighted by molar-refractivity contribution is 5.85. The quantitative estimate of drug-likeness (QED) is 0.711. The molecule has 2 N–H and O–H groups in total. The molecule has 1 aliphatic rings. The van der Waals surface area contributed by atoms with Gasteiger partial charge in [0.25, 0.3) is 0 Å². The minimum Gasteiger partial charge on any atom is -0.485 e. The molecule has 0 spiro atoms. The molecule has 2 heterocycles. The Hall–Kier alpha value is -2.90. The lowest BCUT2D eigenvalue weighted by molar-refractivity contribution is -0.125. The van der Waals surface area contributed by atoms with Crippen LogP contribution in [0, 0.1) is 5.41 Å². The van der Waals surface area contributed by atoms with Gasteiger partial charge in [0.15, 0.2) is 6.61 Å². The van der Waals surface area contributed by atoms with Crippen molar-refractivity contribution in [3.63, 3.8) is 0 Å². The third-order valence-corrected chi connectivity index (χ3v) is 4.55. The molecule has 0 radical (unpaired) electrons. The Morgan fingerprint density at radius 2 is 2.24 bits per heavy atom. The van der Waals surface area contributed by atoms with Crippen LogP contribution in [0.5, 0.6) is 5.75 Å². The molecule has 8 nitrogen and oxygen atoms in total. The summed E-state index contributed by atoms with van der Waals surface area (Å²) in [5, 5.41) is 15.8. The van der Waals surface area contributed by atoms with E-state index in [2.05, 4.69) is 25.7 Å². The van der Waals surface area contributed by atoms with Crippen molar-refractivity contribution in [2.45, 2.75) is 32.9 Å². The summed E-state index contributed by atoms with van der Waals surface area (Å²) in [6, 6.07) is 7.86. The van der Waals surface area contributed by atoms with Crippen LogP contribution in [0.15, 0.2) is 24.3 Å². The van der Waals surface area contributed by atoms with Crippen LogP contribution < -0.4 is 10.1 Å². The Morgan fingerprint density at radius 3 is 2.96 bits per heavy atom. The van der Waals surface area contributed by atoms with Crippen LogP contribution in [0.3, 0.4) is 0 Å². The lowest BCUT2D eigenvalue weighted by atomic mass is 10.1. The second-order valence-corrected chi connectivity index (χ2v) is 6.77. The van der Waals surface area contributed by atoms with E-state index in [4.69, 9.17) is 4.74 Å². The number of benzene rings is 1. The molecule has 2 aromatic heterocycles. The molecule has 0 saturated heterocycles. The summed E-state index contributed by atoms with van der Waals surface area (Å²) in [6.07, 6.45) is 1.96. The zero-order valence-corrected chi connectivity index (χ0v) is 14.2. The minimum absolute atomic E-state index is 0.131.